The Balaban J connectivity index is 2.00. The van der Waals surface area contributed by atoms with E-state index in [1.165, 1.54) is 6.07 Å². The number of aromatic nitrogens is 1. The molecule has 3 rings (SSSR count). The lowest BCUT2D eigenvalue weighted by atomic mass is 9.99. The smallest absolute Gasteiger partial charge is 0.142 e. The van der Waals surface area contributed by atoms with Crippen molar-refractivity contribution in [3.05, 3.63) is 52.9 Å². The zero-order valence-electron chi connectivity index (χ0n) is 10.0. The van der Waals surface area contributed by atoms with E-state index in [-0.39, 0.29) is 10.4 Å². The molecule has 0 amide bonds. The molecule has 0 bridgehead atoms. The molecule has 0 N–H and O–H groups in total. The Bertz CT molecular complexity index is 670. The van der Waals surface area contributed by atoms with Crippen LogP contribution in [0.15, 0.2) is 36.5 Å². The van der Waals surface area contributed by atoms with Crippen LogP contribution >= 0.6 is 11.6 Å². The summed E-state index contributed by atoms with van der Waals surface area (Å²) in [6.45, 7) is 0. The Morgan fingerprint density at radius 3 is 2.63 bits per heavy atom. The van der Waals surface area contributed by atoms with Gasteiger partial charge in [-0.3, -0.25) is 4.98 Å². The second kappa shape index (κ2) is 4.32. The van der Waals surface area contributed by atoms with E-state index in [1.54, 1.807) is 24.4 Å². The van der Waals surface area contributed by atoms with E-state index in [2.05, 4.69) is 11.1 Å². The summed E-state index contributed by atoms with van der Waals surface area (Å²) >= 11 is 5.93. The van der Waals surface area contributed by atoms with Gasteiger partial charge >= 0.3 is 0 Å². The quantitative estimate of drug-likeness (QED) is 0.825. The van der Waals surface area contributed by atoms with Crippen molar-refractivity contribution in [1.82, 2.24) is 4.98 Å². The summed E-state index contributed by atoms with van der Waals surface area (Å²) in [5.41, 5.74) is 1.75. The predicted octanol–water partition coefficient (Wildman–Crippen LogP) is 4.10. The molecule has 94 valence electrons. The maximum Gasteiger partial charge on any atom is 0.142 e. The summed E-state index contributed by atoms with van der Waals surface area (Å²) in [6.07, 6.45) is 3.45. The highest BCUT2D eigenvalue weighted by molar-refractivity contribution is 6.33. The molecular formula is C15H10ClFN2. The number of nitrogens with zero attached hydrogens (tertiary/aromatic N) is 2. The van der Waals surface area contributed by atoms with Crippen molar-refractivity contribution in [2.75, 3.05) is 0 Å². The average Bonchev–Trinajstić information content (AvgIpc) is 3.23. The van der Waals surface area contributed by atoms with Crippen molar-refractivity contribution >= 4 is 11.6 Å². The van der Waals surface area contributed by atoms with Gasteiger partial charge in [-0.05, 0) is 30.5 Å². The zero-order chi connectivity index (χ0) is 13.5. The van der Waals surface area contributed by atoms with Crippen molar-refractivity contribution < 1.29 is 4.39 Å². The van der Waals surface area contributed by atoms with Gasteiger partial charge in [0, 0.05) is 11.8 Å². The Labute approximate surface area is 115 Å². The van der Waals surface area contributed by atoms with Crippen molar-refractivity contribution in [3.63, 3.8) is 0 Å². The number of nitriles is 1. The first kappa shape index (κ1) is 12.1. The highest BCUT2D eigenvalue weighted by atomic mass is 35.5. The predicted molar refractivity (Wildman–Crippen MR) is 71.2 cm³/mol. The molecule has 1 heterocycles. The number of hydrogen-bond donors (Lipinski definition) is 0. The molecule has 0 unspecified atom stereocenters. The summed E-state index contributed by atoms with van der Waals surface area (Å²) in [5, 5.41) is 9.20. The van der Waals surface area contributed by atoms with E-state index < -0.39 is 5.82 Å². The third kappa shape index (κ3) is 1.98. The molecule has 1 aliphatic rings. The van der Waals surface area contributed by atoms with Crippen LogP contribution in [0.4, 0.5) is 4.39 Å². The lowest BCUT2D eigenvalue weighted by molar-refractivity contribution is 0.628. The minimum absolute atomic E-state index is 0.0733. The molecule has 1 aromatic heterocycles. The van der Waals surface area contributed by atoms with Crippen molar-refractivity contribution in [1.29, 1.82) is 5.26 Å². The Kier molecular flexibility index (Phi) is 2.76. The number of halogens is 2. The first-order valence-electron chi connectivity index (χ1n) is 5.98. The fourth-order valence-corrected chi connectivity index (χ4v) is 2.35. The van der Waals surface area contributed by atoms with E-state index in [4.69, 9.17) is 16.9 Å². The van der Waals surface area contributed by atoms with Crippen LogP contribution in [-0.2, 0) is 5.41 Å². The monoisotopic (exact) mass is 272 g/mol. The minimum Gasteiger partial charge on any atom is -0.256 e. The Hall–Kier alpha value is -1.92. The van der Waals surface area contributed by atoms with Gasteiger partial charge in [0.25, 0.3) is 0 Å². The third-order valence-electron chi connectivity index (χ3n) is 3.51. The summed E-state index contributed by atoms with van der Waals surface area (Å²) in [5.74, 6) is -0.458. The summed E-state index contributed by atoms with van der Waals surface area (Å²) in [7, 11) is 0. The average molecular weight is 273 g/mol. The molecule has 1 fully saturated rings. The first-order chi connectivity index (χ1) is 9.16. The van der Waals surface area contributed by atoms with Crippen molar-refractivity contribution in [2.24, 2.45) is 0 Å². The van der Waals surface area contributed by atoms with Crippen LogP contribution in [-0.4, -0.2) is 4.98 Å². The van der Waals surface area contributed by atoms with Gasteiger partial charge in [-0.25, -0.2) is 4.39 Å². The summed E-state index contributed by atoms with van der Waals surface area (Å²) in [6, 6.07) is 10.6. The highest BCUT2D eigenvalue weighted by Gasteiger charge is 2.45. The number of hydrogen-bond acceptors (Lipinski definition) is 2. The van der Waals surface area contributed by atoms with Gasteiger partial charge in [-0.15, -0.1) is 0 Å². The normalized spacial score (nSPS) is 15.8. The molecule has 2 nitrogen and oxygen atoms in total. The summed E-state index contributed by atoms with van der Waals surface area (Å²) < 4.78 is 13.4. The van der Waals surface area contributed by atoms with Crippen LogP contribution in [0.1, 0.15) is 18.4 Å². The molecule has 1 saturated carbocycles. The third-order valence-corrected chi connectivity index (χ3v) is 3.89. The van der Waals surface area contributed by atoms with Gasteiger partial charge in [0.2, 0.25) is 0 Å². The Morgan fingerprint density at radius 1 is 1.26 bits per heavy atom. The fourth-order valence-electron chi connectivity index (χ4n) is 2.13. The van der Waals surface area contributed by atoms with Crippen LogP contribution in [0.5, 0.6) is 0 Å². The zero-order valence-corrected chi connectivity index (χ0v) is 10.8. The molecule has 1 aromatic carbocycles. The second-order valence-corrected chi connectivity index (χ2v) is 5.11. The van der Waals surface area contributed by atoms with Gasteiger partial charge in [0.05, 0.1) is 22.2 Å². The van der Waals surface area contributed by atoms with Gasteiger partial charge in [0.1, 0.15) is 5.82 Å². The molecule has 0 atom stereocenters. The molecule has 0 spiro atoms. The van der Waals surface area contributed by atoms with Crippen LogP contribution in [0.25, 0.3) is 11.3 Å². The molecule has 4 heteroatoms. The molecule has 2 aromatic rings. The van der Waals surface area contributed by atoms with E-state index in [0.717, 1.165) is 18.4 Å². The van der Waals surface area contributed by atoms with Gasteiger partial charge < -0.3 is 0 Å². The topological polar surface area (TPSA) is 36.7 Å². The van der Waals surface area contributed by atoms with E-state index in [9.17, 15) is 4.39 Å². The molecule has 0 radical (unpaired) electrons. The largest absolute Gasteiger partial charge is 0.256 e. The number of pyridine rings is 1. The molecule has 1 aliphatic carbocycles. The summed E-state index contributed by atoms with van der Waals surface area (Å²) in [4.78, 5) is 4.30. The lowest BCUT2D eigenvalue weighted by Gasteiger charge is -2.08. The minimum atomic E-state index is -0.458. The van der Waals surface area contributed by atoms with Crippen LogP contribution in [0, 0.1) is 17.1 Å². The SMILES string of the molecule is N#CC1(c2ccc(-c3cccc(F)c3Cl)nc2)CC1. The van der Waals surface area contributed by atoms with Crippen molar-refractivity contribution in [3.8, 4) is 17.3 Å². The lowest BCUT2D eigenvalue weighted by Crippen LogP contribution is -2.03. The van der Waals surface area contributed by atoms with Gasteiger partial charge in [0.15, 0.2) is 0 Å². The van der Waals surface area contributed by atoms with E-state index in [0.29, 0.717) is 11.3 Å². The standard InChI is InChI=1S/C15H10ClFN2/c16-14-11(2-1-3-12(14)17)13-5-4-10(8-19-13)15(9-18)6-7-15/h1-5,8H,6-7H2. The molecule has 0 aliphatic heterocycles. The van der Waals surface area contributed by atoms with Gasteiger partial charge in [-0.2, -0.15) is 5.26 Å². The molecule has 0 saturated heterocycles. The van der Waals surface area contributed by atoms with E-state index in [1.807, 2.05) is 6.07 Å². The fraction of sp³-hybridized carbons (Fsp3) is 0.200. The maximum atomic E-state index is 13.4. The van der Waals surface area contributed by atoms with Crippen LogP contribution in [0.2, 0.25) is 5.02 Å². The number of benzene rings is 1. The number of rotatable bonds is 2. The second-order valence-electron chi connectivity index (χ2n) is 4.73. The Morgan fingerprint density at radius 2 is 2.05 bits per heavy atom. The highest BCUT2D eigenvalue weighted by Crippen LogP contribution is 2.47. The maximum absolute atomic E-state index is 13.4. The first-order valence-corrected chi connectivity index (χ1v) is 6.36. The van der Waals surface area contributed by atoms with E-state index >= 15 is 0 Å². The van der Waals surface area contributed by atoms with Crippen molar-refractivity contribution in [2.45, 2.75) is 18.3 Å². The van der Waals surface area contributed by atoms with Crippen LogP contribution < -0.4 is 0 Å². The molecular weight excluding hydrogens is 263 g/mol. The van der Waals surface area contributed by atoms with Crippen LogP contribution in [0.3, 0.4) is 0 Å². The van der Waals surface area contributed by atoms with Gasteiger partial charge in [-0.1, -0.05) is 29.8 Å². The molecule has 19 heavy (non-hydrogen) atoms.